The van der Waals surface area contributed by atoms with Gasteiger partial charge in [0.2, 0.25) is 0 Å². The first-order valence-electron chi connectivity index (χ1n) is 4.83. The van der Waals surface area contributed by atoms with Crippen molar-refractivity contribution in [3.8, 4) is 0 Å². The number of allylic oxidation sites excluding steroid dienone is 1. The summed E-state index contributed by atoms with van der Waals surface area (Å²) in [5.41, 5.74) is -0.938. The van der Waals surface area contributed by atoms with E-state index in [4.69, 9.17) is 0 Å². The maximum Gasteiger partial charge on any atom is 0.0830 e. The number of halogens is 1. The Kier molecular flexibility index (Phi) is 2.54. The number of aliphatic hydroxyl groups is 1. The first-order valence-corrected chi connectivity index (χ1v) is 4.83. The minimum atomic E-state index is -0.697. The predicted octanol–water partition coefficient (Wildman–Crippen LogP) is 2.90. The summed E-state index contributed by atoms with van der Waals surface area (Å²) in [7, 11) is 0. The van der Waals surface area contributed by atoms with E-state index in [-0.39, 0.29) is 17.3 Å². The van der Waals surface area contributed by atoms with E-state index >= 15 is 0 Å². The van der Waals surface area contributed by atoms with Crippen LogP contribution in [-0.4, -0.2) is 10.7 Å². The molecule has 13 heavy (non-hydrogen) atoms. The third kappa shape index (κ3) is 1.41. The Morgan fingerprint density at radius 1 is 1.38 bits per heavy atom. The maximum absolute atomic E-state index is 12.1. The largest absolute Gasteiger partial charge is 0.389 e. The Balaban J connectivity index is 2.97. The highest BCUT2D eigenvalue weighted by atomic mass is 19.1. The van der Waals surface area contributed by atoms with Crippen LogP contribution in [0, 0.1) is 17.3 Å². The van der Waals surface area contributed by atoms with Gasteiger partial charge in [0.1, 0.15) is 0 Å². The third-order valence-corrected chi connectivity index (χ3v) is 4.10. The highest BCUT2D eigenvalue weighted by molar-refractivity contribution is 5.09. The SMILES string of the molecule is CC1CC(/C=C/F)C(C)(C)C1(C)O. The first-order chi connectivity index (χ1) is 5.84. The quantitative estimate of drug-likeness (QED) is 0.667. The van der Waals surface area contributed by atoms with Gasteiger partial charge in [0, 0.05) is 0 Å². The molecule has 2 heteroatoms. The van der Waals surface area contributed by atoms with Crippen LogP contribution in [-0.2, 0) is 0 Å². The number of rotatable bonds is 1. The monoisotopic (exact) mass is 186 g/mol. The van der Waals surface area contributed by atoms with Gasteiger partial charge in [-0.05, 0) is 30.6 Å². The molecule has 3 atom stereocenters. The highest BCUT2D eigenvalue weighted by Crippen LogP contribution is 2.53. The molecule has 0 heterocycles. The average molecular weight is 186 g/mol. The van der Waals surface area contributed by atoms with Crippen molar-refractivity contribution in [2.24, 2.45) is 17.3 Å². The molecule has 0 saturated heterocycles. The molecule has 1 rings (SSSR count). The van der Waals surface area contributed by atoms with Gasteiger partial charge in [0.15, 0.2) is 0 Å². The van der Waals surface area contributed by atoms with Crippen LogP contribution >= 0.6 is 0 Å². The van der Waals surface area contributed by atoms with E-state index in [1.165, 1.54) is 0 Å². The van der Waals surface area contributed by atoms with Crippen LogP contribution in [0.4, 0.5) is 4.39 Å². The molecule has 0 amide bonds. The van der Waals surface area contributed by atoms with Crippen LogP contribution < -0.4 is 0 Å². The normalized spacial score (nSPS) is 44.5. The Labute approximate surface area is 79.7 Å². The standard InChI is InChI=1S/C11H19FO/c1-8-7-9(5-6-12)10(2,3)11(8,4)13/h5-6,8-9,13H,7H2,1-4H3/b6-5+. The molecule has 1 aliphatic carbocycles. The van der Waals surface area contributed by atoms with Crippen LogP contribution in [0.3, 0.4) is 0 Å². The smallest absolute Gasteiger partial charge is 0.0830 e. The summed E-state index contributed by atoms with van der Waals surface area (Å²) in [6.07, 6.45) is 3.03. The van der Waals surface area contributed by atoms with Crippen LogP contribution in [0.1, 0.15) is 34.1 Å². The van der Waals surface area contributed by atoms with Crippen LogP contribution in [0.2, 0.25) is 0 Å². The van der Waals surface area contributed by atoms with E-state index in [2.05, 4.69) is 0 Å². The lowest BCUT2D eigenvalue weighted by Crippen LogP contribution is -2.42. The minimum absolute atomic E-state index is 0.141. The van der Waals surface area contributed by atoms with E-state index in [1.54, 1.807) is 6.08 Å². The minimum Gasteiger partial charge on any atom is -0.389 e. The zero-order chi connectivity index (χ0) is 10.3. The third-order valence-electron chi connectivity index (χ3n) is 4.10. The summed E-state index contributed by atoms with van der Waals surface area (Å²) < 4.78 is 12.1. The van der Waals surface area contributed by atoms with Crippen molar-refractivity contribution < 1.29 is 9.50 Å². The fraction of sp³-hybridized carbons (Fsp3) is 0.818. The van der Waals surface area contributed by atoms with Gasteiger partial charge in [-0.25, -0.2) is 4.39 Å². The van der Waals surface area contributed by atoms with Gasteiger partial charge in [0.05, 0.1) is 11.9 Å². The zero-order valence-corrected chi connectivity index (χ0v) is 8.84. The van der Waals surface area contributed by atoms with Gasteiger partial charge in [0.25, 0.3) is 0 Å². The lowest BCUT2D eigenvalue weighted by molar-refractivity contribution is -0.0617. The molecule has 1 nitrogen and oxygen atoms in total. The fourth-order valence-electron chi connectivity index (χ4n) is 2.32. The summed E-state index contributed by atoms with van der Waals surface area (Å²) in [6.45, 7) is 7.87. The molecule has 0 bridgehead atoms. The van der Waals surface area contributed by atoms with Crippen LogP contribution in [0.5, 0.6) is 0 Å². The molecule has 1 N–H and O–H groups in total. The van der Waals surface area contributed by atoms with Crippen molar-refractivity contribution in [1.82, 2.24) is 0 Å². The van der Waals surface area contributed by atoms with E-state index in [9.17, 15) is 9.50 Å². The molecule has 0 spiro atoms. The molecule has 0 aromatic carbocycles. The first kappa shape index (κ1) is 10.7. The van der Waals surface area contributed by atoms with Gasteiger partial charge in [-0.3, -0.25) is 0 Å². The van der Waals surface area contributed by atoms with Gasteiger partial charge >= 0.3 is 0 Å². The van der Waals surface area contributed by atoms with Crippen LogP contribution in [0.25, 0.3) is 0 Å². The predicted molar refractivity (Wildman–Crippen MR) is 51.9 cm³/mol. The van der Waals surface area contributed by atoms with E-state index in [1.807, 2.05) is 27.7 Å². The summed E-state index contributed by atoms with van der Waals surface area (Å²) >= 11 is 0. The Morgan fingerprint density at radius 3 is 2.23 bits per heavy atom. The van der Waals surface area contributed by atoms with E-state index in [0.29, 0.717) is 6.33 Å². The van der Waals surface area contributed by atoms with Gasteiger partial charge in [-0.2, -0.15) is 0 Å². The molecule has 76 valence electrons. The Bertz CT molecular complexity index is 218. The average Bonchev–Trinajstić information content (AvgIpc) is 2.14. The molecule has 1 saturated carbocycles. The lowest BCUT2D eigenvalue weighted by atomic mass is 9.72. The molecule has 1 aliphatic rings. The van der Waals surface area contributed by atoms with Crippen LogP contribution in [0.15, 0.2) is 12.4 Å². The zero-order valence-electron chi connectivity index (χ0n) is 8.84. The Morgan fingerprint density at radius 2 is 1.92 bits per heavy atom. The second-order valence-corrected chi connectivity index (χ2v) is 4.93. The lowest BCUT2D eigenvalue weighted by Gasteiger charge is -2.38. The highest BCUT2D eigenvalue weighted by Gasteiger charge is 2.53. The molecule has 3 unspecified atom stereocenters. The molecule has 0 aromatic rings. The summed E-state index contributed by atoms with van der Waals surface area (Å²) in [6, 6.07) is 0. The van der Waals surface area contributed by atoms with Crippen molar-refractivity contribution in [3.05, 3.63) is 12.4 Å². The van der Waals surface area contributed by atoms with Crippen molar-refractivity contribution in [1.29, 1.82) is 0 Å². The second kappa shape index (κ2) is 3.09. The molecule has 0 aliphatic heterocycles. The summed E-state index contributed by atoms with van der Waals surface area (Å²) in [5.74, 6) is 0.367. The second-order valence-electron chi connectivity index (χ2n) is 4.93. The van der Waals surface area contributed by atoms with Crippen molar-refractivity contribution >= 4 is 0 Å². The number of hydrogen-bond donors (Lipinski definition) is 1. The molecular weight excluding hydrogens is 167 g/mol. The van der Waals surface area contributed by atoms with Gasteiger partial charge in [-0.1, -0.05) is 26.8 Å². The van der Waals surface area contributed by atoms with Gasteiger partial charge in [-0.15, -0.1) is 0 Å². The molecule has 0 aromatic heterocycles. The van der Waals surface area contributed by atoms with E-state index < -0.39 is 5.60 Å². The van der Waals surface area contributed by atoms with E-state index in [0.717, 1.165) is 6.42 Å². The summed E-state index contributed by atoms with van der Waals surface area (Å²) in [5, 5.41) is 10.2. The topological polar surface area (TPSA) is 20.2 Å². The van der Waals surface area contributed by atoms with Crippen molar-refractivity contribution in [3.63, 3.8) is 0 Å². The fourth-order valence-corrected chi connectivity index (χ4v) is 2.32. The molecule has 0 radical (unpaired) electrons. The summed E-state index contributed by atoms with van der Waals surface area (Å²) in [4.78, 5) is 0. The molecular formula is C11H19FO. The maximum atomic E-state index is 12.1. The van der Waals surface area contributed by atoms with Crippen molar-refractivity contribution in [2.45, 2.75) is 39.7 Å². The number of hydrogen-bond acceptors (Lipinski definition) is 1. The van der Waals surface area contributed by atoms with Crippen molar-refractivity contribution in [2.75, 3.05) is 0 Å². The Hall–Kier alpha value is -0.370. The molecule has 1 fully saturated rings. The van der Waals surface area contributed by atoms with Gasteiger partial charge < -0.3 is 5.11 Å².